The van der Waals surface area contributed by atoms with Crippen molar-refractivity contribution >= 4 is 21.8 Å². The lowest BCUT2D eigenvalue weighted by Crippen LogP contribution is -2.13. The third-order valence-corrected chi connectivity index (χ3v) is 2.17. The van der Waals surface area contributed by atoms with E-state index in [1.165, 1.54) is 14.2 Å². The predicted octanol–water partition coefficient (Wildman–Crippen LogP) is 1.57. The van der Waals surface area contributed by atoms with Gasteiger partial charge >= 0.3 is 0 Å². The van der Waals surface area contributed by atoms with Gasteiger partial charge < -0.3 is 15.2 Å². The number of primary amides is 1. The second-order valence-electron chi connectivity index (χ2n) is 2.55. The van der Waals surface area contributed by atoms with Crippen LogP contribution in [-0.2, 0) is 0 Å². The fourth-order valence-corrected chi connectivity index (χ4v) is 1.55. The Labute approximate surface area is 90.1 Å². The van der Waals surface area contributed by atoms with Crippen LogP contribution in [0, 0.1) is 0 Å². The van der Waals surface area contributed by atoms with E-state index in [0.717, 1.165) is 0 Å². The van der Waals surface area contributed by atoms with Gasteiger partial charge in [0.1, 0.15) is 0 Å². The standard InChI is InChI=1S/C9H10BrNO3/c1-13-7-4-5(10)3-6(9(11)12)8(7)14-2/h3-4H,1-2H3,(H2,11,12). The van der Waals surface area contributed by atoms with Gasteiger partial charge in [0.15, 0.2) is 11.5 Å². The summed E-state index contributed by atoms with van der Waals surface area (Å²) in [6, 6.07) is 3.29. The summed E-state index contributed by atoms with van der Waals surface area (Å²) < 4.78 is 10.8. The van der Waals surface area contributed by atoms with E-state index in [0.29, 0.717) is 21.5 Å². The highest BCUT2D eigenvalue weighted by Gasteiger charge is 2.15. The van der Waals surface area contributed by atoms with Crippen molar-refractivity contribution in [2.24, 2.45) is 5.73 Å². The van der Waals surface area contributed by atoms with Crippen molar-refractivity contribution in [1.29, 1.82) is 0 Å². The van der Waals surface area contributed by atoms with Crippen molar-refractivity contribution in [2.45, 2.75) is 0 Å². The van der Waals surface area contributed by atoms with Gasteiger partial charge in [0.25, 0.3) is 5.91 Å². The van der Waals surface area contributed by atoms with Crippen LogP contribution in [0.2, 0.25) is 0 Å². The Hall–Kier alpha value is -1.23. The molecule has 4 nitrogen and oxygen atoms in total. The number of nitrogens with two attached hydrogens (primary N) is 1. The Bertz CT molecular complexity index is 365. The molecule has 1 aromatic rings. The molecular formula is C9H10BrNO3. The first-order valence-corrected chi connectivity index (χ1v) is 4.60. The molecule has 1 rings (SSSR count). The highest BCUT2D eigenvalue weighted by molar-refractivity contribution is 9.10. The Kier molecular flexibility index (Phi) is 3.35. The number of amides is 1. The molecular weight excluding hydrogens is 250 g/mol. The quantitative estimate of drug-likeness (QED) is 0.897. The number of hydrogen-bond donors (Lipinski definition) is 1. The summed E-state index contributed by atoms with van der Waals surface area (Å²) >= 11 is 3.24. The van der Waals surface area contributed by atoms with Gasteiger partial charge in [0.2, 0.25) is 0 Å². The van der Waals surface area contributed by atoms with Crippen LogP contribution in [0.5, 0.6) is 11.5 Å². The van der Waals surface area contributed by atoms with E-state index in [1.54, 1.807) is 12.1 Å². The number of carbonyl (C=O) groups is 1. The second kappa shape index (κ2) is 4.32. The minimum atomic E-state index is -0.554. The average molecular weight is 260 g/mol. The fourth-order valence-electron chi connectivity index (χ4n) is 1.11. The maximum Gasteiger partial charge on any atom is 0.252 e. The lowest BCUT2D eigenvalue weighted by molar-refractivity contribution is 0.0996. The van der Waals surface area contributed by atoms with Gasteiger partial charge in [-0.1, -0.05) is 15.9 Å². The van der Waals surface area contributed by atoms with Crippen molar-refractivity contribution in [3.63, 3.8) is 0 Å². The number of methoxy groups -OCH3 is 2. The Morgan fingerprint density at radius 1 is 1.36 bits per heavy atom. The normalized spacial score (nSPS) is 9.64. The van der Waals surface area contributed by atoms with Crippen molar-refractivity contribution in [3.05, 3.63) is 22.2 Å². The average Bonchev–Trinajstić information content (AvgIpc) is 2.16. The van der Waals surface area contributed by atoms with Crippen molar-refractivity contribution < 1.29 is 14.3 Å². The van der Waals surface area contributed by atoms with E-state index in [9.17, 15) is 4.79 Å². The number of halogens is 1. The molecule has 0 saturated carbocycles. The van der Waals surface area contributed by atoms with Crippen LogP contribution in [0.1, 0.15) is 10.4 Å². The zero-order chi connectivity index (χ0) is 10.7. The van der Waals surface area contributed by atoms with E-state index in [2.05, 4.69) is 15.9 Å². The topological polar surface area (TPSA) is 61.5 Å². The van der Waals surface area contributed by atoms with Crippen molar-refractivity contribution in [3.8, 4) is 11.5 Å². The maximum atomic E-state index is 11.1. The molecule has 1 amide bonds. The summed E-state index contributed by atoms with van der Waals surface area (Å²) in [5.74, 6) is 0.264. The molecule has 14 heavy (non-hydrogen) atoms. The molecule has 0 saturated heterocycles. The molecule has 0 heterocycles. The minimum absolute atomic E-state index is 0.290. The lowest BCUT2D eigenvalue weighted by Gasteiger charge is -2.11. The third kappa shape index (κ3) is 1.98. The molecule has 0 atom stereocenters. The molecule has 0 aliphatic heterocycles. The second-order valence-corrected chi connectivity index (χ2v) is 3.47. The zero-order valence-electron chi connectivity index (χ0n) is 7.83. The van der Waals surface area contributed by atoms with Crippen molar-refractivity contribution in [2.75, 3.05) is 14.2 Å². The highest BCUT2D eigenvalue weighted by atomic mass is 79.9. The van der Waals surface area contributed by atoms with Crippen LogP contribution in [0.15, 0.2) is 16.6 Å². The SMILES string of the molecule is COc1cc(Br)cc(C(N)=O)c1OC. The van der Waals surface area contributed by atoms with E-state index in [1.807, 2.05) is 0 Å². The zero-order valence-corrected chi connectivity index (χ0v) is 9.42. The van der Waals surface area contributed by atoms with E-state index >= 15 is 0 Å². The first-order valence-electron chi connectivity index (χ1n) is 3.81. The van der Waals surface area contributed by atoms with Gasteiger partial charge in [-0.15, -0.1) is 0 Å². The number of ether oxygens (including phenoxy) is 2. The summed E-state index contributed by atoms with van der Waals surface area (Å²) in [5, 5.41) is 0. The first kappa shape index (κ1) is 10.8. The van der Waals surface area contributed by atoms with Crippen LogP contribution in [0.25, 0.3) is 0 Å². The van der Waals surface area contributed by atoms with Crippen LogP contribution in [-0.4, -0.2) is 20.1 Å². The highest BCUT2D eigenvalue weighted by Crippen LogP contribution is 2.34. The van der Waals surface area contributed by atoms with E-state index in [-0.39, 0.29) is 0 Å². The number of carbonyl (C=O) groups excluding carboxylic acids is 1. The largest absolute Gasteiger partial charge is 0.493 e. The Morgan fingerprint density at radius 2 is 2.00 bits per heavy atom. The molecule has 0 fully saturated rings. The lowest BCUT2D eigenvalue weighted by atomic mass is 10.2. The fraction of sp³-hybridized carbons (Fsp3) is 0.222. The summed E-state index contributed by atoms with van der Waals surface area (Å²) in [5.41, 5.74) is 5.48. The molecule has 1 aromatic carbocycles. The molecule has 0 radical (unpaired) electrons. The van der Waals surface area contributed by atoms with Crippen LogP contribution in [0.3, 0.4) is 0 Å². The van der Waals surface area contributed by atoms with Gasteiger partial charge in [-0.25, -0.2) is 0 Å². The third-order valence-electron chi connectivity index (χ3n) is 1.71. The summed E-state index contributed by atoms with van der Waals surface area (Å²) in [6.07, 6.45) is 0. The Morgan fingerprint density at radius 3 is 2.43 bits per heavy atom. The van der Waals surface area contributed by atoms with E-state index < -0.39 is 5.91 Å². The monoisotopic (exact) mass is 259 g/mol. The molecule has 0 aromatic heterocycles. The van der Waals surface area contributed by atoms with Gasteiger partial charge in [-0.2, -0.15) is 0 Å². The number of benzene rings is 1. The van der Waals surface area contributed by atoms with Crippen LogP contribution in [0.4, 0.5) is 0 Å². The van der Waals surface area contributed by atoms with Gasteiger partial charge in [0.05, 0.1) is 19.8 Å². The number of hydrogen-bond acceptors (Lipinski definition) is 3. The minimum Gasteiger partial charge on any atom is -0.493 e. The smallest absolute Gasteiger partial charge is 0.252 e. The van der Waals surface area contributed by atoms with Crippen molar-refractivity contribution in [1.82, 2.24) is 0 Å². The molecule has 0 bridgehead atoms. The molecule has 0 aliphatic carbocycles. The van der Waals surface area contributed by atoms with Gasteiger partial charge in [-0.3, -0.25) is 4.79 Å². The summed E-state index contributed by atoms with van der Waals surface area (Å²) in [6.45, 7) is 0. The summed E-state index contributed by atoms with van der Waals surface area (Å²) in [7, 11) is 2.95. The summed E-state index contributed by atoms with van der Waals surface area (Å²) in [4.78, 5) is 11.1. The molecule has 0 unspecified atom stereocenters. The molecule has 2 N–H and O–H groups in total. The van der Waals surface area contributed by atoms with Crippen LogP contribution < -0.4 is 15.2 Å². The molecule has 0 aliphatic rings. The van der Waals surface area contributed by atoms with Gasteiger partial charge in [0, 0.05) is 4.47 Å². The van der Waals surface area contributed by atoms with Gasteiger partial charge in [-0.05, 0) is 12.1 Å². The maximum absolute atomic E-state index is 11.1. The molecule has 0 spiro atoms. The van der Waals surface area contributed by atoms with E-state index in [4.69, 9.17) is 15.2 Å². The van der Waals surface area contributed by atoms with Crippen LogP contribution >= 0.6 is 15.9 Å². The Balaban J connectivity index is 3.39. The first-order chi connectivity index (χ1) is 6.60. The molecule has 5 heteroatoms. The molecule has 76 valence electrons. The number of rotatable bonds is 3. The predicted molar refractivity (Wildman–Crippen MR) is 55.8 cm³/mol.